The van der Waals surface area contributed by atoms with Crippen LogP contribution in [0, 0.1) is 11.8 Å². The second-order valence-corrected chi connectivity index (χ2v) is 7.74. The van der Waals surface area contributed by atoms with Crippen LogP contribution in [0.5, 0.6) is 0 Å². The van der Waals surface area contributed by atoms with E-state index in [1.165, 1.54) is 4.90 Å². The predicted octanol–water partition coefficient (Wildman–Crippen LogP) is 1.80. The number of amides is 3. The third-order valence-corrected chi connectivity index (χ3v) is 5.80. The van der Waals surface area contributed by atoms with Crippen molar-refractivity contribution in [2.45, 2.75) is 51.3 Å². The predicted molar refractivity (Wildman–Crippen MR) is 98.4 cm³/mol. The summed E-state index contributed by atoms with van der Waals surface area (Å²) in [5, 5.41) is 15.9. The highest BCUT2D eigenvalue weighted by atomic mass is 16.5. The summed E-state index contributed by atoms with van der Waals surface area (Å²) in [7, 11) is 0. The van der Waals surface area contributed by atoms with Crippen molar-refractivity contribution in [2.24, 2.45) is 11.8 Å². The lowest BCUT2D eigenvalue weighted by Crippen LogP contribution is -2.57. The molecular formula is C20H25N3O4. The number of carbonyl (C=O) groups is 2. The lowest BCUT2D eigenvalue weighted by atomic mass is 10.00. The minimum absolute atomic E-state index is 0.0120. The van der Waals surface area contributed by atoms with Crippen molar-refractivity contribution in [2.75, 3.05) is 0 Å². The number of hydrogen-bond donors (Lipinski definition) is 3. The Labute approximate surface area is 158 Å². The first-order valence-electron chi connectivity index (χ1n) is 9.40. The van der Waals surface area contributed by atoms with E-state index in [4.69, 9.17) is 4.74 Å². The summed E-state index contributed by atoms with van der Waals surface area (Å²) >= 11 is 0. The van der Waals surface area contributed by atoms with Crippen molar-refractivity contribution in [3.8, 4) is 0 Å². The van der Waals surface area contributed by atoms with E-state index >= 15 is 0 Å². The van der Waals surface area contributed by atoms with Gasteiger partial charge in [0.05, 0.1) is 12.2 Å². The van der Waals surface area contributed by atoms with Gasteiger partial charge in [-0.15, -0.1) is 0 Å². The molecule has 0 aromatic heterocycles. The normalized spacial score (nSPS) is 35.4. The second kappa shape index (κ2) is 6.98. The van der Waals surface area contributed by atoms with E-state index in [2.05, 4.69) is 17.6 Å². The number of fused-ring (bicyclic) bond motifs is 1. The van der Waals surface area contributed by atoms with Crippen LogP contribution in [0.4, 0.5) is 4.79 Å². The molecule has 144 valence electrons. The first-order valence-corrected chi connectivity index (χ1v) is 9.40. The van der Waals surface area contributed by atoms with Crippen LogP contribution in [0.25, 0.3) is 0 Å². The van der Waals surface area contributed by atoms with Crippen molar-refractivity contribution in [3.63, 3.8) is 0 Å². The fraction of sp³-hybridized carbons (Fsp3) is 0.500. The maximum Gasteiger partial charge on any atom is 0.325 e. The standard InChI is InChI=1S/C20H25N3O4/c1-11-8-15(24)14-9-16(27-17(11)14)23-10-12(2)18(22-20(23)26)21-19(25)13-6-4-3-5-7-13/h3-7,10-11,14-18,24H,8-9H2,1-2H3,(H,21,25)(H,22,26)/t11-,14+,15-,16-,17-,18?/m1/s1. The van der Waals surface area contributed by atoms with Crippen LogP contribution < -0.4 is 10.6 Å². The molecule has 2 aliphatic heterocycles. The zero-order valence-electron chi connectivity index (χ0n) is 15.5. The minimum Gasteiger partial charge on any atom is -0.393 e. The smallest absolute Gasteiger partial charge is 0.325 e. The van der Waals surface area contributed by atoms with Gasteiger partial charge in [0.1, 0.15) is 12.4 Å². The molecule has 0 radical (unpaired) electrons. The van der Waals surface area contributed by atoms with Gasteiger partial charge in [0.15, 0.2) is 0 Å². The van der Waals surface area contributed by atoms with Crippen molar-refractivity contribution >= 4 is 11.9 Å². The molecule has 7 heteroatoms. The number of nitrogens with zero attached hydrogens (tertiary/aromatic N) is 1. The molecule has 1 aromatic carbocycles. The van der Waals surface area contributed by atoms with E-state index < -0.39 is 12.4 Å². The molecule has 4 rings (SSSR count). The van der Waals surface area contributed by atoms with Gasteiger partial charge in [-0.1, -0.05) is 25.1 Å². The summed E-state index contributed by atoms with van der Waals surface area (Å²) in [5.41, 5.74) is 1.35. The number of ether oxygens (including phenoxy) is 1. The average molecular weight is 371 g/mol. The van der Waals surface area contributed by atoms with Gasteiger partial charge < -0.3 is 20.5 Å². The number of aliphatic hydroxyl groups excluding tert-OH is 1. The highest BCUT2D eigenvalue weighted by molar-refractivity contribution is 5.95. The van der Waals surface area contributed by atoms with Gasteiger partial charge in [0.2, 0.25) is 0 Å². The molecule has 1 aromatic rings. The Hall–Kier alpha value is -2.38. The Bertz CT molecular complexity index is 750. The number of hydrogen-bond acceptors (Lipinski definition) is 4. The molecule has 3 amide bonds. The second-order valence-electron chi connectivity index (χ2n) is 7.74. The summed E-state index contributed by atoms with van der Waals surface area (Å²) in [6.45, 7) is 3.93. The average Bonchev–Trinajstić information content (AvgIpc) is 3.20. The largest absolute Gasteiger partial charge is 0.393 e. The molecular weight excluding hydrogens is 346 g/mol. The monoisotopic (exact) mass is 371 g/mol. The summed E-state index contributed by atoms with van der Waals surface area (Å²) in [6.07, 6.45) is 1.76. The fourth-order valence-electron chi connectivity index (χ4n) is 4.34. The first-order chi connectivity index (χ1) is 12.9. The molecule has 3 N–H and O–H groups in total. The maximum absolute atomic E-state index is 12.6. The van der Waals surface area contributed by atoms with Crippen molar-refractivity contribution in [1.82, 2.24) is 15.5 Å². The Morgan fingerprint density at radius 3 is 2.74 bits per heavy atom. The topological polar surface area (TPSA) is 90.9 Å². The zero-order valence-corrected chi connectivity index (χ0v) is 15.5. The van der Waals surface area contributed by atoms with Crippen LogP contribution in [-0.2, 0) is 4.74 Å². The van der Waals surface area contributed by atoms with Crippen LogP contribution in [-0.4, -0.2) is 46.5 Å². The zero-order chi connectivity index (χ0) is 19.1. The van der Waals surface area contributed by atoms with E-state index in [9.17, 15) is 14.7 Å². The number of carbonyl (C=O) groups excluding carboxylic acids is 2. The van der Waals surface area contributed by atoms with Gasteiger partial charge in [-0.3, -0.25) is 9.69 Å². The van der Waals surface area contributed by atoms with Crippen LogP contribution in [0.3, 0.4) is 0 Å². The molecule has 2 heterocycles. The summed E-state index contributed by atoms with van der Waals surface area (Å²) in [5.74, 6) is 0.110. The van der Waals surface area contributed by atoms with Crippen LogP contribution in [0.15, 0.2) is 42.1 Å². The number of urea groups is 1. The highest BCUT2D eigenvalue weighted by Crippen LogP contribution is 2.43. The van der Waals surface area contributed by atoms with Gasteiger partial charge in [-0.2, -0.15) is 0 Å². The molecule has 27 heavy (non-hydrogen) atoms. The lowest BCUT2D eigenvalue weighted by molar-refractivity contribution is -0.0360. The molecule has 1 saturated heterocycles. The molecule has 2 fully saturated rings. The van der Waals surface area contributed by atoms with Gasteiger partial charge >= 0.3 is 6.03 Å². The first kappa shape index (κ1) is 18.0. The van der Waals surface area contributed by atoms with Gasteiger partial charge in [-0.25, -0.2) is 4.79 Å². The molecule has 0 spiro atoms. The third-order valence-electron chi connectivity index (χ3n) is 5.80. The number of aliphatic hydroxyl groups is 1. The molecule has 1 unspecified atom stereocenters. The van der Waals surface area contributed by atoms with Crippen molar-refractivity contribution in [3.05, 3.63) is 47.7 Å². The summed E-state index contributed by atoms with van der Waals surface area (Å²) < 4.78 is 6.09. The SMILES string of the molecule is CC1=CN([C@H]2C[C@@H]3[C@H](O2)[C@H](C)C[C@H]3O)C(=O)NC1NC(=O)c1ccccc1. The lowest BCUT2D eigenvalue weighted by Gasteiger charge is -2.34. The summed E-state index contributed by atoms with van der Waals surface area (Å²) in [4.78, 5) is 26.5. The van der Waals surface area contributed by atoms with E-state index in [1.807, 2.05) is 13.0 Å². The Morgan fingerprint density at radius 1 is 1.30 bits per heavy atom. The Morgan fingerprint density at radius 2 is 2.04 bits per heavy atom. The maximum atomic E-state index is 12.6. The number of nitrogens with one attached hydrogen (secondary N) is 2. The van der Waals surface area contributed by atoms with E-state index in [-0.39, 0.29) is 36.0 Å². The van der Waals surface area contributed by atoms with Gasteiger partial charge in [0, 0.05) is 24.1 Å². The molecule has 3 aliphatic rings. The highest BCUT2D eigenvalue weighted by Gasteiger charge is 2.50. The molecule has 7 nitrogen and oxygen atoms in total. The van der Waals surface area contributed by atoms with Crippen LogP contribution >= 0.6 is 0 Å². The van der Waals surface area contributed by atoms with Crippen LogP contribution in [0.2, 0.25) is 0 Å². The fourth-order valence-corrected chi connectivity index (χ4v) is 4.34. The van der Waals surface area contributed by atoms with Crippen molar-refractivity contribution < 1.29 is 19.4 Å². The molecule has 1 aliphatic carbocycles. The summed E-state index contributed by atoms with van der Waals surface area (Å²) in [6, 6.07) is 8.57. The molecule has 1 saturated carbocycles. The molecule has 0 bridgehead atoms. The van der Waals surface area contributed by atoms with E-state index in [1.54, 1.807) is 30.5 Å². The van der Waals surface area contributed by atoms with Crippen LogP contribution in [0.1, 0.15) is 37.0 Å². The third kappa shape index (κ3) is 3.33. The van der Waals surface area contributed by atoms with Crippen molar-refractivity contribution in [1.29, 1.82) is 0 Å². The number of rotatable bonds is 3. The van der Waals surface area contributed by atoms with E-state index in [0.29, 0.717) is 12.0 Å². The number of benzene rings is 1. The van der Waals surface area contributed by atoms with Gasteiger partial charge in [-0.05, 0) is 37.0 Å². The Kier molecular flexibility index (Phi) is 4.65. The van der Waals surface area contributed by atoms with E-state index in [0.717, 1.165) is 12.0 Å². The minimum atomic E-state index is -0.563. The van der Waals surface area contributed by atoms with Gasteiger partial charge in [0.25, 0.3) is 5.91 Å². The molecule has 6 atom stereocenters. The Balaban J connectivity index is 1.44. The quantitative estimate of drug-likeness (QED) is 0.756.